The number of aliphatic hydroxyl groups excluding tert-OH is 2. The van der Waals surface area contributed by atoms with Crippen molar-refractivity contribution in [3.8, 4) is 11.5 Å². The molecule has 3 aliphatic carbocycles. The number of benzene rings is 2. The molecule has 0 saturated carbocycles. The van der Waals surface area contributed by atoms with E-state index in [2.05, 4.69) is 5.32 Å². The molecule has 0 spiro atoms. The molecule has 0 aliphatic heterocycles. The Hall–Kier alpha value is -4.88. The van der Waals surface area contributed by atoms with Crippen molar-refractivity contribution >= 4 is 29.3 Å². The number of nitrogens with zero attached hydrogens (tertiary/aromatic N) is 2. The zero-order chi connectivity index (χ0) is 33.1. The standard InChI is InChI=1S/C32H36N4O9/c1-14-6-8-17(9-7-14)45-31(43)34-13-16-12-20(35(2)3)18-10-15-11-19-24(36(4)5)27(39)23(30(33)42)29(41)32(19,44)28(40)21(15)26(38)22(18)25(16)37/h6-9,12,15,19,24,37,39-40,44H,10-11,13H2,1-5H3,(H2,33,42)(H,34,43)/t15?,19?,24-,32-/m0/s1. The molecular formula is C32H36N4O9. The third-order valence-electron chi connectivity index (χ3n) is 8.91. The molecular weight excluding hydrogens is 584 g/mol. The molecule has 0 fully saturated rings. The second kappa shape index (κ2) is 11.2. The highest BCUT2D eigenvalue weighted by Crippen LogP contribution is 2.53. The van der Waals surface area contributed by atoms with E-state index in [1.807, 2.05) is 6.92 Å². The third-order valence-corrected chi connectivity index (χ3v) is 8.91. The van der Waals surface area contributed by atoms with E-state index in [1.165, 1.54) is 4.90 Å². The van der Waals surface area contributed by atoms with Crippen molar-refractivity contribution in [3.05, 3.63) is 75.3 Å². The van der Waals surface area contributed by atoms with E-state index in [-0.39, 0.29) is 36.1 Å². The fraction of sp³-hybridized carbons (Fsp3) is 0.375. The second-order valence-corrected chi connectivity index (χ2v) is 12.2. The van der Waals surface area contributed by atoms with Crippen LogP contribution in [0, 0.1) is 18.8 Å². The predicted octanol–water partition coefficient (Wildman–Crippen LogP) is 1.78. The van der Waals surface area contributed by atoms with Crippen molar-refractivity contribution in [2.75, 3.05) is 33.1 Å². The summed E-state index contributed by atoms with van der Waals surface area (Å²) in [5, 5.41) is 48.2. The summed E-state index contributed by atoms with van der Waals surface area (Å²) in [4.78, 5) is 55.6. The summed E-state index contributed by atoms with van der Waals surface area (Å²) < 4.78 is 5.29. The molecule has 2 amide bonds. The lowest BCUT2D eigenvalue weighted by atomic mass is 9.58. The van der Waals surface area contributed by atoms with Crippen molar-refractivity contribution in [3.63, 3.8) is 0 Å². The molecule has 2 aromatic carbocycles. The van der Waals surface area contributed by atoms with E-state index < -0.39 is 69.9 Å². The number of ether oxygens (including phenoxy) is 1. The third kappa shape index (κ3) is 4.97. The molecule has 2 aromatic rings. The van der Waals surface area contributed by atoms with Gasteiger partial charge in [-0.25, -0.2) is 4.79 Å². The molecule has 7 N–H and O–H groups in total. The zero-order valence-electron chi connectivity index (χ0n) is 25.5. The van der Waals surface area contributed by atoms with E-state index in [9.17, 15) is 39.6 Å². The number of carbonyl (C=O) groups is 4. The minimum absolute atomic E-state index is 0.0203. The van der Waals surface area contributed by atoms with Gasteiger partial charge in [0.15, 0.2) is 11.4 Å². The van der Waals surface area contributed by atoms with Crippen LogP contribution in [-0.4, -0.2) is 88.7 Å². The highest BCUT2D eigenvalue weighted by atomic mass is 16.6. The number of nitrogens with one attached hydrogen (secondary N) is 1. The summed E-state index contributed by atoms with van der Waals surface area (Å²) in [7, 11) is 6.64. The van der Waals surface area contributed by atoms with Gasteiger partial charge in [0.05, 0.1) is 11.6 Å². The molecule has 13 heteroatoms. The molecule has 4 atom stereocenters. The Morgan fingerprint density at radius 1 is 1.09 bits per heavy atom. The van der Waals surface area contributed by atoms with Gasteiger partial charge in [-0.15, -0.1) is 0 Å². The number of aromatic hydroxyl groups is 1. The summed E-state index contributed by atoms with van der Waals surface area (Å²) in [5.41, 5.74) is 3.59. The van der Waals surface area contributed by atoms with Crippen LogP contribution in [0.25, 0.3) is 0 Å². The minimum Gasteiger partial charge on any atom is -0.510 e. The number of likely N-dealkylation sites (N-methyl/N-ethyl adjacent to an activating group) is 1. The van der Waals surface area contributed by atoms with Crippen molar-refractivity contribution in [1.82, 2.24) is 10.2 Å². The van der Waals surface area contributed by atoms with Crippen LogP contribution in [0.4, 0.5) is 10.5 Å². The average molecular weight is 621 g/mol. The predicted molar refractivity (Wildman–Crippen MR) is 162 cm³/mol. The van der Waals surface area contributed by atoms with Gasteiger partial charge in [0.1, 0.15) is 28.6 Å². The zero-order valence-corrected chi connectivity index (χ0v) is 25.5. The van der Waals surface area contributed by atoms with Gasteiger partial charge in [-0.1, -0.05) is 17.7 Å². The topological polar surface area (TPSA) is 203 Å². The number of fused-ring (bicyclic) bond motifs is 3. The van der Waals surface area contributed by atoms with E-state index in [4.69, 9.17) is 10.5 Å². The van der Waals surface area contributed by atoms with E-state index in [1.54, 1.807) is 63.4 Å². The molecule has 0 saturated heterocycles. The van der Waals surface area contributed by atoms with Crippen LogP contribution in [0.15, 0.2) is 53.0 Å². The second-order valence-electron chi connectivity index (χ2n) is 12.2. The number of ketones is 2. The van der Waals surface area contributed by atoms with Gasteiger partial charge >= 0.3 is 6.09 Å². The Labute approximate surface area is 259 Å². The number of hydrogen-bond acceptors (Lipinski definition) is 11. The number of anilines is 1. The first kappa shape index (κ1) is 31.5. The quantitative estimate of drug-likeness (QED) is 0.257. The van der Waals surface area contributed by atoms with Crippen molar-refractivity contribution in [1.29, 1.82) is 0 Å². The van der Waals surface area contributed by atoms with Crippen LogP contribution in [0.3, 0.4) is 0 Å². The average Bonchev–Trinajstić information content (AvgIpc) is 2.95. The first-order chi connectivity index (χ1) is 21.1. The normalized spacial score (nSPS) is 24.2. The SMILES string of the molecule is Cc1ccc(OC(=O)NCc2cc(N(C)C)c3c(c2O)C(=O)C2=C(O)[C@]4(O)C(=O)C(C(N)=O)=C(O)[C@@H](N(C)C)C4CC2C3)cc1. The number of primary amides is 1. The van der Waals surface area contributed by atoms with Gasteiger partial charge in [0.25, 0.3) is 5.91 Å². The van der Waals surface area contributed by atoms with Crippen molar-refractivity contribution < 1.29 is 44.3 Å². The van der Waals surface area contributed by atoms with Crippen LogP contribution in [0.5, 0.6) is 11.5 Å². The van der Waals surface area contributed by atoms with Gasteiger partial charge < -0.3 is 41.1 Å². The number of hydrogen-bond donors (Lipinski definition) is 6. The van der Waals surface area contributed by atoms with Crippen LogP contribution >= 0.6 is 0 Å². The maximum Gasteiger partial charge on any atom is 0.412 e. The number of phenolic OH excluding ortho intramolecular Hbond substituents is 1. The monoisotopic (exact) mass is 620 g/mol. The summed E-state index contributed by atoms with van der Waals surface area (Å²) in [5.74, 6) is -6.94. The fourth-order valence-corrected chi connectivity index (χ4v) is 6.80. The van der Waals surface area contributed by atoms with Gasteiger partial charge in [-0.2, -0.15) is 0 Å². The Morgan fingerprint density at radius 2 is 1.73 bits per heavy atom. The minimum atomic E-state index is -2.73. The maximum atomic E-state index is 14.1. The molecule has 5 rings (SSSR count). The van der Waals surface area contributed by atoms with Gasteiger partial charge in [-0.05, 0) is 63.5 Å². The molecule has 45 heavy (non-hydrogen) atoms. The maximum absolute atomic E-state index is 14.1. The lowest BCUT2D eigenvalue weighted by Crippen LogP contribution is -2.63. The lowest BCUT2D eigenvalue weighted by Gasteiger charge is -2.50. The smallest absolute Gasteiger partial charge is 0.412 e. The van der Waals surface area contributed by atoms with E-state index in [0.29, 0.717) is 17.0 Å². The molecule has 0 bridgehead atoms. The molecule has 13 nitrogen and oxygen atoms in total. The Morgan fingerprint density at radius 3 is 2.31 bits per heavy atom. The van der Waals surface area contributed by atoms with Gasteiger partial charge in [0, 0.05) is 43.4 Å². The number of amides is 2. The van der Waals surface area contributed by atoms with Crippen molar-refractivity contribution in [2.24, 2.45) is 17.6 Å². The Bertz CT molecular complexity index is 1690. The van der Waals surface area contributed by atoms with Crippen LogP contribution in [0.1, 0.15) is 33.5 Å². The number of aryl methyl sites for hydroxylation is 1. The van der Waals surface area contributed by atoms with Crippen LogP contribution < -0.4 is 20.7 Å². The Kier molecular flexibility index (Phi) is 7.88. The number of aliphatic hydroxyl groups is 3. The molecule has 0 heterocycles. The van der Waals surface area contributed by atoms with E-state index in [0.717, 1.165) is 5.56 Å². The number of carbonyl (C=O) groups excluding carboxylic acids is 4. The van der Waals surface area contributed by atoms with E-state index >= 15 is 0 Å². The summed E-state index contributed by atoms with van der Waals surface area (Å²) in [6, 6.07) is 7.39. The number of nitrogens with two attached hydrogens (primary N) is 1. The van der Waals surface area contributed by atoms with Crippen LogP contribution in [-0.2, 0) is 22.6 Å². The first-order valence-corrected chi connectivity index (χ1v) is 14.3. The van der Waals surface area contributed by atoms with Crippen LogP contribution in [0.2, 0.25) is 0 Å². The number of allylic oxidation sites excluding steroid dienone is 1. The fourth-order valence-electron chi connectivity index (χ4n) is 6.80. The van der Waals surface area contributed by atoms with Gasteiger partial charge in [-0.3, -0.25) is 19.3 Å². The number of Topliss-reactive ketones (excluding diaryl/α,β-unsaturated/α-hetero) is 2. The molecule has 238 valence electrons. The first-order valence-electron chi connectivity index (χ1n) is 14.3. The summed E-state index contributed by atoms with van der Waals surface area (Å²) in [6.07, 6.45) is -0.672. The molecule has 3 aliphatic rings. The number of rotatable bonds is 6. The Balaban J connectivity index is 1.56. The highest BCUT2D eigenvalue weighted by Gasteiger charge is 2.63. The lowest BCUT2D eigenvalue weighted by molar-refractivity contribution is -0.148. The summed E-state index contributed by atoms with van der Waals surface area (Å²) in [6.45, 7) is 1.68. The molecule has 0 aromatic heterocycles. The van der Waals surface area contributed by atoms with Gasteiger partial charge in [0.2, 0.25) is 5.78 Å². The largest absolute Gasteiger partial charge is 0.510 e. The molecule has 2 unspecified atom stereocenters. The highest BCUT2D eigenvalue weighted by molar-refractivity contribution is 6.25. The summed E-state index contributed by atoms with van der Waals surface area (Å²) >= 11 is 0. The number of phenols is 1. The molecule has 0 radical (unpaired) electrons. The van der Waals surface area contributed by atoms with Crippen molar-refractivity contribution in [2.45, 2.75) is 38.0 Å².